The third-order valence-electron chi connectivity index (χ3n) is 3.23. The average molecular weight is 289 g/mol. The summed E-state index contributed by atoms with van der Waals surface area (Å²) < 4.78 is 24.9. The van der Waals surface area contributed by atoms with Crippen LogP contribution in [0.5, 0.6) is 0 Å². The third kappa shape index (κ3) is 2.51. The van der Waals surface area contributed by atoms with Gasteiger partial charge in [0.25, 0.3) is 0 Å². The molecule has 2 rings (SSSR count). The number of hydrogen-bond acceptors (Lipinski definition) is 5. The van der Waals surface area contributed by atoms with Crippen LogP contribution in [-0.4, -0.2) is 35.5 Å². The van der Waals surface area contributed by atoms with E-state index in [1.165, 1.54) is 0 Å². The lowest BCUT2D eigenvalue weighted by atomic mass is 10.0. The number of rotatable bonds is 4. The fraction of sp³-hybridized carbons (Fsp3) is 0.727. The number of hydrogen-bond donors (Lipinski definition) is 1. The molecule has 102 valence electrons. The molecule has 1 aliphatic rings. The molecule has 1 fully saturated rings. The Kier molecular flexibility index (Phi) is 3.64. The summed E-state index contributed by atoms with van der Waals surface area (Å²) in [6.07, 6.45) is 3.39. The average Bonchev–Trinajstić information content (AvgIpc) is 2.78. The molecule has 2 N–H and O–H groups in total. The lowest BCUT2D eigenvalue weighted by molar-refractivity contribution is 0.334. The summed E-state index contributed by atoms with van der Waals surface area (Å²) in [7, 11) is -2.95. The molecule has 0 radical (unpaired) electrons. The molecule has 1 aliphatic heterocycles. The third-order valence-corrected chi connectivity index (χ3v) is 6.35. The zero-order valence-corrected chi connectivity index (χ0v) is 12.4. The van der Waals surface area contributed by atoms with Gasteiger partial charge in [-0.1, -0.05) is 6.92 Å². The Bertz CT molecular complexity index is 538. The molecule has 0 bridgehead atoms. The first-order valence-corrected chi connectivity index (χ1v) is 8.86. The van der Waals surface area contributed by atoms with Gasteiger partial charge in [0, 0.05) is 0 Å². The fourth-order valence-corrected chi connectivity index (χ4v) is 5.15. The summed E-state index contributed by atoms with van der Waals surface area (Å²) in [5.41, 5.74) is 5.59. The second kappa shape index (κ2) is 4.77. The van der Waals surface area contributed by atoms with Crippen LogP contribution in [0.1, 0.15) is 26.7 Å². The van der Waals surface area contributed by atoms with Gasteiger partial charge in [0.2, 0.25) is 0 Å². The smallest absolute Gasteiger partial charge is 0.152 e. The van der Waals surface area contributed by atoms with Gasteiger partial charge in [-0.15, -0.1) is 11.8 Å². The molecule has 18 heavy (non-hydrogen) atoms. The van der Waals surface area contributed by atoms with Gasteiger partial charge in [0.05, 0.1) is 28.1 Å². The highest BCUT2D eigenvalue weighted by atomic mass is 32.2. The quantitative estimate of drug-likeness (QED) is 0.850. The van der Waals surface area contributed by atoms with Crippen molar-refractivity contribution in [3.8, 4) is 0 Å². The second-order valence-corrected chi connectivity index (χ2v) is 8.31. The van der Waals surface area contributed by atoms with Crippen LogP contribution in [0, 0.1) is 0 Å². The van der Waals surface area contributed by atoms with E-state index in [1.54, 1.807) is 22.6 Å². The van der Waals surface area contributed by atoms with Crippen LogP contribution < -0.4 is 5.73 Å². The molecule has 1 aromatic heterocycles. The van der Waals surface area contributed by atoms with Crippen LogP contribution >= 0.6 is 11.8 Å². The van der Waals surface area contributed by atoms with E-state index < -0.39 is 15.4 Å². The number of sulfone groups is 1. The van der Waals surface area contributed by atoms with Gasteiger partial charge >= 0.3 is 0 Å². The number of anilines is 1. The molecule has 1 aromatic rings. The first-order chi connectivity index (χ1) is 8.38. The molecule has 1 atom stereocenters. The van der Waals surface area contributed by atoms with E-state index in [4.69, 9.17) is 5.73 Å². The molecule has 0 aliphatic carbocycles. The highest BCUT2D eigenvalue weighted by Gasteiger charge is 2.41. The minimum absolute atomic E-state index is 0.129. The van der Waals surface area contributed by atoms with Crippen molar-refractivity contribution in [3.05, 3.63) is 6.20 Å². The minimum Gasteiger partial charge on any atom is -0.383 e. The molecule has 1 unspecified atom stereocenters. The molecule has 5 nitrogen and oxygen atoms in total. The highest BCUT2D eigenvalue weighted by Crippen LogP contribution is 2.35. The Morgan fingerprint density at radius 1 is 1.61 bits per heavy atom. The van der Waals surface area contributed by atoms with Crippen molar-refractivity contribution < 1.29 is 8.42 Å². The molecular formula is C11H19N3O2S2. The largest absolute Gasteiger partial charge is 0.383 e. The monoisotopic (exact) mass is 289 g/mol. The van der Waals surface area contributed by atoms with E-state index in [0.29, 0.717) is 12.2 Å². The standard InChI is InChI=1S/C11H19N3O2S2/c1-3-5-17-9-7-13-14(10(9)12)11(2)4-6-18(15,16)8-11/h7H,3-6,8,12H2,1-2H3. The maximum Gasteiger partial charge on any atom is 0.152 e. The van der Waals surface area contributed by atoms with E-state index in [2.05, 4.69) is 12.0 Å². The van der Waals surface area contributed by atoms with Crippen LogP contribution in [0.25, 0.3) is 0 Å². The zero-order chi connectivity index (χ0) is 13.4. The maximum absolute atomic E-state index is 11.6. The lowest BCUT2D eigenvalue weighted by Gasteiger charge is -2.24. The highest BCUT2D eigenvalue weighted by molar-refractivity contribution is 7.99. The molecule has 1 saturated heterocycles. The summed E-state index contributed by atoms with van der Waals surface area (Å²) in [6, 6.07) is 0. The summed E-state index contributed by atoms with van der Waals surface area (Å²) in [4.78, 5) is 0.947. The van der Waals surface area contributed by atoms with Gasteiger partial charge in [-0.2, -0.15) is 5.10 Å². The van der Waals surface area contributed by atoms with E-state index in [0.717, 1.165) is 17.1 Å². The van der Waals surface area contributed by atoms with Crippen molar-refractivity contribution in [2.45, 2.75) is 37.1 Å². The summed E-state index contributed by atoms with van der Waals surface area (Å²) in [5.74, 6) is 1.93. The Balaban J connectivity index is 2.27. The molecule has 0 amide bonds. The Morgan fingerprint density at radius 2 is 2.33 bits per heavy atom. The van der Waals surface area contributed by atoms with E-state index in [9.17, 15) is 8.42 Å². The van der Waals surface area contributed by atoms with Crippen molar-refractivity contribution >= 4 is 27.4 Å². The van der Waals surface area contributed by atoms with Gasteiger partial charge < -0.3 is 5.73 Å². The van der Waals surface area contributed by atoms with Gasteiger partial charge in [-0.25, -0.2) is 13.1 Å². The SMILES string of the molecule is CCCSc1cnn(C2(C)CCS(=O)(=O)C2)c1N. The Hall–Kier alpha value is -0.690. The number of nitrogens with two attached hydrogens (primary N) is 1. The molecule has 0 aromatic carbocycles. The van der Waals surface area contributed by atoms with Crippen LogP contribution in [0.3, 0.4) is 0 Å². The molecule has 0 saturated carbocycles. The topological polar surface area (TPSA) is 78.0 Å². The van der Waals surface area contributed by atoms with Gasteiger partial charge in [-0.05, 0) is 25.5 Å². The maximum atomic E-state index is 11.6. The zero-order valence-electron chi connectivity index (χ0n) is 10.7. The normalized spacial score (nSPS) is 26.6. The van der Waals surface area contributed by atoms with Crippen molar-refractivity contribution in [1.82, 2.24) is 9.78 Å². The van der Waals surface area contributed by atoms with Crippen LogP contribution in [0.2, 0.25) is 0 Å². The number of nitrogen functional groups attached to an aromatic ring is 1. The van der Waals surface area contributed by atoms with Gasteiger partial charge in [0.15, 0.2) is 9.84 Å². The fourth-order valence-electron chi connectivity index (χ4n) is 2.26. The van der Waals surface area contributed by atoms with Crippen molar-refractivity contribution in [2.75, 3.05) is 23.0 Å². The molecule has 0 spiro atoms. The Morgan fingerprint density at radius 3 is 2.89 bits per heavy atom. The van der Waals surface area contributed by atoms with E-state index in [1.807, 2.05) is 6.92 Å². The van der Waals surface area contributed by atoms with Crippen LogP contribution in [0.4, 0.5) is 5.82 Å². The molecule has 2 heterocycles. The van der Waals surface area contributed by atoms with Crippen molar-refractivity contribution in [2.24, 2.45) is 0 Å². The van der Waals surface area contributed by atoms with Crippen molar-refractivity contribution in [1.29, 1.82) is 0 Å². The van der Waals surface area contributed by atoms with Crippen molar-refractivity contribution in [3.63, 3.8) is 0 Å². The van der Waals surface area contributed by atoms with E-state index >= 15 is 0 Å². The van der Waals surface area contributed by atoms with Crippen LogP contribution in [-0.2, 0) is 15.4 Å². The lowest BCUT2D eigenvalue weighted by Crippen LogP contribution is -2.33. The Labute approximate surface area is 112 Å². The number of thioether (sulfide) groups is 1. The van der Waals surface area contributed by atoms with E-state index in [-0.39, 0.29) is 11.5 Å². The van der Waals surface area contributed by atoms with Crippen LogP contribution in [0.15, 0.2) is 11.1 Å². The number of nitrogens with zero attached hydrogens (tertiary/aromatic N) is 2. The van der Waals surface area contributed by atoms with Gasteiger partial charge in [-0.3, -0.25) is 0 Å². The first-order valence-electron chi connectivity index (χ1n) is 6.05. The molecular weight excluding hydrogens is 270 g/mol. The predicted molar refractivity (Wildman–Crippen MR) is 74.6 cm³/mol. The first kappa shape index (κ1) is 13.7. The van der Waals surface area contributed by atoms with Gasteiger partial charge in [0.1, 0.15) is 5.82 Å². The minimum atomic E-state index is -2.95. The molecule has 7 heteroatoms. The predicted octanol–water partition coefficient (Wildman–Crippen LogP) is 1.50. The summed E-state index contributed by atoms with van der Waals surface area (Å²) in [5, 5.41) is 4.29. The summed E-state index contributed by atoms with van der Waals surface area (Å²) in [6.45, 7) is 4.02. The summed E-state index contributed by atoms with van der Waals surface area (Å²) >= 11 is 1.67. The number of aromatic nitrogens is 2. The second-order valence-electron chi connectivity index (χ2n) is 4.99.